The van der Waals surface area contributed by atoms with E-state index < -0.39 is 11.9 Å². The molecule has 0 aliphatic carbocycles. The van der Waals surface area contributed by atoms with E-state index in [4.69, 9.17) is 14.2 Å². The number of methoxy groups -OCH3 is 2. The zero-order chi connectivity index (χ0) is 19.1. The van der Waals surface area contributed by atoms with E-state index >= 15 is 0 Å². The summed E-state index contributed by atoms with van der Waals surface area (Å²) in [7, 11) is 3.04. The van der Waals surface area contributed by atoms with Gasteiger partial charge in [-0.05, 0) is 35.7 Å². The van der Waals surface area contributed by atoms with Gasteiger partial charge in [0.05, 0.1) is 19.8 Å². The largest absolute Gasteiger partial charge is 0.493 e. The van der Waals surface area contributed by atoms with Gasteiger partial charge in [0.15, 0.2) is 18.1 Å². The van der Waals surface area contributed by atoms with Crippen molar-refractivity contribution in [2.24, 2.45) is 0 Å². The molecule has 2 aromatic carbocycles. The highest BCUT2D eigenvalue weighted by atomic mass is 16.5. The molecule has 0 saturated carbocycles. The molecular weight excluding hydrogens is 334 g/mol. The first-order valence-corrected chi connectivity index (χ1v) is 8.23. The van der Waals surface area contributed by atoms with E-state index in [0.717, 1.165) is 5.56 Å². The van der Waals surface area contributed by atoms with Crippen LogP contribution >= 0.6 is 0 Å². The topological polar surface area (TPSA) is 73.9 Å². The SMILES string of the molecule is COc1ccc(NC(=O)COC(=O)c2ccc(C(C)C)cc2)cc1OC. The minimum absolute atomic E-state index is 0.376. The van der Waals surface area contributed by atoms with Gasteiger partial charge in [0, 0.05) is 11.8 Å². The lowest BCUT2D eigenvalue weighted by atomic mass is 10.0. The van der Waals surface area contributed by atoms with Gasteiger partial charge in [0.1, 0.15) is 0 Å². The first-order chi connectivity index (χ1) is 12.4. The fourth-order valence-electron chi connectivity index (χ4n) is 2.33. The fourth-order valence-corrected chi connectivity index (χ4v) is 2.33. The van der Waals surface area contributed by atoms with Crippen LogP contribution in [0.15, 0.2) is 42.5 Å². The minimum atomic E-state index is -0.539. The predicted octanol–water partition coefficient (Wildman–Crippen LogP) is 3.62. The second-order valence-corrected chi connectivity index (χ2v) is 5.97. The lowest BCUT2D eigenvalue weighted by molar-refractivity contribution is -0.119. The molecule has 0 fully saturated rings. The molecule has 0 aromatic heterocycles. The third-order valence-corrected chi connectivity index (χ3v) is 3.81. The van der Waals surface area contributed by atoms with Gasteiger partial charge in [-0.1, -0.05) is 26.0 Å². The Bertz CT molecular complexity index is 768. The van der Waals surface area contributed by atoms with Crippen molar-refractivity contribution in [3.05, 3.63) is 53.6 Å². The Morgan fingerprint density at radius 1 is 0.962 bits per heavy atom. The molecule has 1 amide bonds. The normalized spacial score (nSPS) is 10.3. The van der Waals surface area contributed by atoms with Crippen LogP contribution in [0.1, 0.15) is 35.7 Å². The highest BCUT2D eigenvalue weighted by Crippen LogP contribution is 2.29. The molecule has 0 spiro atoms. The molecule has 0 bridgehead atoms. The maximum atomic E-state index is 12.0. The van der Waals surface area contributed by atoms with Crippen molar-refractivity contribution in [3.8, 4) is 11.5 Å². The zero-order valence-electron chi connectivity index (χ0n) is 15.4. The molecule has 26 heavy (non-hydrogen) atoms. The van der Waals surface area contributed by atoms with E-state index in [9.17, 15) is 9.59 Å². The van der Waals surface area contributed by atoms with Gasteiger partial charge in [-0.2, -0.15) is 0 Å². The smallest absolute Gasteiger partial charge is 0.338 e. The van der Waals surface area contributed by atoms with Crippen LogP contribution < -0.4 is 14.8 Å². The van der Waals surface area contributed by atoms with E-state index in [1.165, 1.54) is 14.2 Å². The molecule has 0 unspecified atom stereocenters. The summed E-state index contributed by atoms with van der Waals surface area (Å²) in [6.45, 7) is 3.77. The van der Waals surface area contributed by atoms with Crippen molar-refractivity contribution in [3.63, 3.8) is 0 Å². The first kappa shape index (κ1) is 19.3. The van der Waals surface area contributed by atoms with Crippen molar-refractivity contribution < 1.29 is 23.8 Å². The zero-order valence-corrected chi connectivity index (χ0v) is 15.4. The van der Waals surface area contributed by atoms with Crippen molar-refractivity contribution in [1.82, 2.24) is 0 Å². The minimum Gasteiger partial charge on any atom is -0.493 e. The summed E-state index contributed by atoms with van der Waals surface area (Å²) in [5, 5.41) is 2.65. The van der Waals surface area contributed by atoms with Gasteiger partial charge < -0.3 is 19.5 Å². The molecule has 138 valence electrons. The molecule has 0 aliphatic rings. The number of benzene rings is 2. The molecular formula is C20H23NO5. The maximum absolute atomic E-state index is 12.0. The van der Waals surface area contributed by atoms with Crippen LogP contribution in [0.4, 0.5) is 5.69 Å². The van der Waals surface area contributed by atoms with E-state index in [-0.39, 0.29) is 6.61 Å². The van der Waals surface area contributed by atoms with Crippen LogP contribution in [0.5, 0.6) is 11.5 Å². The molecule has 0 atom stereocenters. The number of carbonyl (C=O) groups excluding carboxylic acids is 2. The number of carbonyl (C=O) groups is 2. The summed E-state index contributed by atoms with van der Waals surface area (Å²) in [5.41, 5.74) is 2.06. The van der Waals surface area contributed by atoms with Gasteiger partial charge in [0.2, 0.25) is 0 Å². The molecule has 0 heterocycles. The number of hydrogen-bond acceptors (Lipinski definition) is 5. The third kappa shape index (κ3) is 4.99. The average Bonchev–Trinajstić information content (AvgIpc) is 2.66. The van der Waals surface area contributed by atoms with Crippen LogP contribution in [0.2, 0.25) is 0 Å². The summed E-state index contributed by atoms with van der Waals surface area (Å²) < 4.78 is 15.4. The van der Waals surface area contributed by atoms with E-state index in [2.05, 4.69) is 19.2 Å². The van der Waals surface area contributed by atoms with Gasteiger partial charge in [-0.15, -0.1) is 0 Å². The predicted molar refractivity (Wildman–Crippen MR) is 99.0 cm³/mol. The average molecular weight is 357 g/mol. The monoisotopic (exact) mass is 357 g/mol. The Morgan fingerprint density at radius 2 is 1.62 bits per heavy atom. The summed E-state index contributed by atoms with van der Waals surface area (Å²) in [4.78, 5) is 24.0. The summed E-state index contributed by atoms with van der Waals surface area (Å²) in [6, 6.07) is 12.1. The molecule has 2 rings (SSSR count). The van der Waals surface area contributed by atoms with Crippen LogP contribution in [0.3, 0.4) is 0 Å². The highest BCUT2D eigenvalue weighted by Gasteiger charge is 2.12. The molecule has 6 nitrogen and oxygen atoms in total. The first-order valence-electron chi connectivity index (χ1n) is 8.23. The number of esters is 1. The summed E-state index contributed by atoms with van der Waals surface area (Å²) in [5.74, 6) is 0.453. The lowest BCUT2D eigenvalue weighted by Crippen LogP contribution is -2.21. The van der Waals surface area contributed by atoms with Crippen LogP contribution in [-0.2, 0) is 9.53 Å². The Morgan fingerprint density at radius 3 is 2.19 bits per heavy atom. The van der Waals surface area contributed by atoms with Gasteiger partial charge in [-0.25, -0.2) is 4.79 Å². The molecule has 0 aliphatic heterocycles. The number of hydrogen-bond donors (Lipinski definition) is 1. The molecule has 0 radical (unpaired) electrons. The van der Waals surface area contributed by atoms with Crippen molar-refractivity contribution in [1.29, 1.82) is 0 Å². The van der Waals surface area contributed by atoms with E-state index in [1.54, 1.807) is 30.3 Å². The number of nitrogens with one attached hydrogen (secondary N) is 1. The third-order valence-electron chi connectivity index (χ3n) is 3.81. The molecule has 0 saturated heterocycles. The Labute approximate surface area is 153 Å². The van der Waals surface area contributed by atoms with Crippen LogP contribution in [-0.4, -0.2) is 32.7 Å². The number of ether oxygens (including phenoxy) is 3. The fraction of sp³-hybridized carbons (Fsp3) is 0.300. The van der Waals surface area contributed by atoms with Gasteiger partial charge in [0.25, 0.3) is 5.91 Å². The number of rotatable bonds is 7. The summed E-state index contributed by atoms with van der Waals surface area (Å²) >= 11 is 0. The Hall–Kier alpha value is -3.02. The van der Waals surface area contributed by atoms with Crippen molar-refractivity contribution in [2.75, 3.05) is 26.1 Å². The van der Waals surface area contributed by atoms with Crippen molar-refractivity contribution in [2.45, 2.75) is 19.8 Å². The van der Waals surface area contributed by atoms with E-state index in [0.29, 0.717) is 28.7 Å². The van der Waals surface area contributed by atoms with Crippen LogP contribution in [0, 0.1) is 0 Å². The number of amides is 1. The second-order valence-electron chi connectivity index (χ2n) is 5.97. The Balaban J connectivity index is 1.91. The lowest BCUT2D eigenvalue weighted by Gasteiger charge is -2.11. The maximum Gasteiger partial charge on any atom is 0.338 e. The quantitative estimate of drug-likeness (QED) is 0.766. The van der Waals surface area contributed by atoms with Gasteiger partial charge >= 0.3 is 5.97 Å². The molecule has 2 aromatic rings. The standard InChI is InChI=1S/C20H23NO5/c1-13(2)14-5-7-15(8-6-14)20(23)26-12-19(22)21-16-9-10-17(24-3)18(11-16)25-4/h5-11,13H,12H2,1-4H3,(H,21,22). The molecule has 6 heteroatoms. The van der Waals surface area contributed by atoms with Gasteiger partial charge in [-0.3, -0.25) is 4.79 Å². The highest BCUT2D eigenvalue weighted by molar-refractivity contribution is 5.95. The van der Waals surface area contributed by atoms with E-state index in [1.807, 2.05) is 12.1 Å². The summed E-state index contributed by atoms with van der Waals surface area (Å²) in [6.07, 6.45) is 0. The second kappa shape index (κ2) is 8.89. The van der Waals surface area contributed by atoms with Crippen molar-refractivity contribution >= 4 is 17.6 Å². The molecule has 1 N–H and O–H groups in total. The van der Waals surface area contributed by atoms with Crippen LogP contribution in [0.25, 0.3) is 0 Å². The number of anilines is 1. The Kier molecular flexibility index (Phi) is 6.60.